The van der Waals surface area contributed by atoms with Crippen LogP contribution in [0.4, 0.5) is 17.6 Å². The van der Waals surface area contributed by atoms with E-state index >= 15 is 0 Å². The summed E-state index contributed by atoms with van der Waals surface area (Å²) in [5.41, 5.74) is -0.778. The van der Waals surface area contributed by atoms with Crippen LogP contribution in [-0.4, -0.2) is 6.04 Å². The molecule has 96 valence electrons. The van der Waals surface area contributed by atoms with E-state index in [1.165, 1.54) is 0 Å². The molecule has 0 aliphatic carbocycles. The quantitative estimate of drug-likeness (QED) is 0.802. The van der Waals surface area contributed by atoms with Crippen LogP contribution in [0.3, 0.4) is 0 Å². The van der Waals surface area contributed by atoms with Crippen LogP contribution < -0.4 is 5.32 Å². The first-order valence-electron chi connectivity index (χ1n) is 5.43. The molecule has 1 rings (SSSR count). The summed E-state index contributed by atoms with van der Waals surface area (Å²) in [4.78, 5) is 0. The van der Waals surface area contributed by atoms with E-state index in [1.807, 2.05) is 13.8 Å². The second-order valence-corrected chi connectivity index (χ2v) is 3.99. The fourth-order valence-electron chi connectivity index (χ4n) is 1.32. The largest absolute Gasteiger partial charge is 0.416 e. The van der Waals surface area contributed by atoms with Gasteiger partial charge in [0.05, 0.1) is 5.56 Å². The standard InChI is InChI=1S/C12H15F4N/c1-3-8(2)17-7-9-6-10(12(14,15)16)4-5-11(9)13/h4-6,8,17H,3,7H2,1-2H3. The predicted molar refractivity (Wildman–Crippen MR) is 58.0 cm³/mol. The van der Waals surface area contributed by atoms with E-state index in [0.717, 1.165) is 24.6 Å². The number of alkyl halides is 3. The smallest absolute Gasteiger partial charge is 0.310 e. The number of rotatable bonds is 4. The van der Waals surface area contributed by atoms with Gasteiger partial charge in [-0.3, -0.25) is 0 Å². The van der Waals surface area contributed by atoms with Gasteiger partial charge in [0, 0.05) is 18.2 Å². The van der Waals surface area contributed by atoms with Gasteiger partial charge in [-0.2, -0.15) is 13.2 Å². The van der Waals surface area contributed by atoms with Crippen LogP contribution in [0.2, 0.25) is 0 Å². The zero-order chi connectivity index (χ0) is 13.1. The van der Waals surface area contributed by atoms with E-state index in [0.29, 0.717) is 0 Å². The molecule has 0 fully saturated rings. The third-order valence-corrected chi connectivity index (χ3v) is 2.63. The van der Waals surface area contributed by atoms with Gasteiger partial charge in [-0.1, -0.05) is 6.92 Å². The third kappa shape index (κ3) is 4.00. The number of hydrogen-bond donors (Lipinski definition) is 1. The Morgan fingerprint density at radius 3 is 2.47 bits per heavy atom. The maximum atomic E-state index is 13.3. The molecule has 1 N–H and O–H groups in total. The van der Waals surface area contributed by atoms with Gasteiger partial charge in [0.15, 0.2) is 0 Å². The van der Waals surface area contributed by atoms with Crippen LogP contribution in [0.5, 0.6) is 0 Å². The molecule has 0 amide bonds. The van der Waals surface area contributed by atoms with E-state index in [-0.39, 0.29) is 18.2 Å². The van der Waals surface area contributed by atoms with E-state index in [4.69, 9.17) is 0 Å². The van der Waals surface area contributed by atoms with E-state index < -0.39 is 17.6 Å². The van der Waals surface area contributed by atoms with Crippen molar-refractivity contribution in [3.8, 4) is 0 Å². The van der Waals surface area contributed by atoms with Gasteiger partial charge in [-0.25, -0.2) is 4.39 Å². The highest BCUT2D eigenvalue weighted by atomic mass is 19.4. The molecule has 1 nitrogen and oxygen atoms in total. The van der Waals surface area contributed by atoms with Crippen molar-refractivity contribution in [2.24, 2.45) is 0 Å². The lowest BCUT2D eigenvalue weighted by Gasteiger charge is -2.13. The van der Waals surface area contributed by atoms with Gasteiger partial charge in [0.25, 0.3) is 0 Å². The Hall–Kier alpha value is -1.10. The Labute approximate surface area is 97.8 Å². The molecule has 1 aromatic rings. The Morgan fingerprint density at radius 1 is 1.29 bits per heavy atom. The van der Waals surface area contributed by atoms with Crippen LogP contribution in [0.1, 0.15) is 31.4 Å². The highest BCUT2D eigenvalue weighted by Crippen LogP contribution is 2.30. The first-order chi connectivity index (χ1) is 7.84. The zero-order valence-electron chi connectivity index (χ0n) is 9.74. The Balaban J connectivity index is 2.84. The van der Waals surface area contributed by atoms with Crippen molar-refractivity contribution in [3.05, 3.63) is 35.1 Å². The van der Waals surface area contributed by atoms with Gasteiger partial charge in [-0.05, 0) is 31.5 Å². The summed E-state index contributed by atoms with van der Waals surface area (Å²) in [6.07, 6.45) is -3.60. The molecule has 0 aliphatic rings. The van der Waals surface area contributed by atoms with Crippen LogP contribution in [0.15, 0.2) is 18.2 Å². The first kappa shape index (κ1) is 14.0. The van der Waals surface area contributed by atoms with Crippen LogP contribution >= 0.6 is 0 Å². The highest BCUT2D eigenvalue weighted by Gasteiger charge is 2.30. The minimum Gasteiger partial charge on any atom is -0.310 e. The molecular weight excluding hydrogens is 234 g/mol. The lowest BCUT2D eigenvalue weighted by molar-refractivity contribution is -0.137. The molecule has 0 saturated heterocycles. The van der Waals surface area contributed by atoms with E-state index in [9.17, 15) is 17.6 Å². The highest BCUT2D eigenvalue weighted by molar-refractivity contribution is 5.27. The lowest BCUT2D eigenvalue weighted by atomic mass is 10.1. The van der Waals surface area contributed by atoms with Crippen molar-refractivity contribution in [2.45, 2.75) is 39.0 Å². The van der Waals surface area contributed by atoms with Crippen LogP contribution in [0.25, 0.3) is 0 Å². The second kappa shape index (κ2) is 5.49. The SMILES string of the molecule is CCC(C)NCc1cc(C(F)(F)F)ccc1F. The summed E-state index contributed by atoms with van der Waals surface area (Å²) < 4.78 is 50.6. The average Bonchev–Trinajstić information content (AvgIpc) is 2.26. The number of hydrogen-bond acceptors (Lipinski definition) is 1. The minimum absolute atomic E-state index is 0.0418. The van der Waals surface area contributed by atoms with Crippen LogP contribution in [0, 0.1) is 5.82 Å². The van der Waals surface area contributed by atoms with Crippen molar-refractivity contribution in [1.82, 2.24) is 5.32 Å². The third-order valence-electron chi connectivity index (χ3n) is 2.63. The Kier molecular flexibility index (Phi) is 4.51. The molecule has 17 heavy (non-hydrogen) atoms. The van der Waals surface area contributed by atoms with Crippen molar-refractivity contribution in [1.29, 1.82) is 0 Å². The lowest BCUT2D eigenvalue weighted by Crippen LogP contribution is -2.25. The van der Waals surface area contributed by atoms with Crippen molar-refractivity contribution >= 4 is 0 Å². The summed E-state index contributed by atoms with van der Waals surface area (Å²) in [5, 5.41) is 2.96. The first-order valence-corrected chi connectivity index (χ1v) is 5.43. The zero-order valence-corrected chi connectivity index (χ0v) is 9.74. The van der Waals surface area contributed by atoms with Crippen molar-refractivity contribution in [3.63, 3.8) is 0 Å². The maximum absolute atomic E-state index is 13.3. The van der Waals surface area contributed by atoms with Crippen molar-refractivity contribution < 1.29 is 17.6 Å². The summed E-state index contributed by atoms with van der Waals surface area (Å²) in [6.45, 7) is 3.94. The molecule has 0 heterocycles. The maximum Gasteiger partial charge on any atom is 0.416 e. The van der Waals surface area contributed by atoms with Gasteiger partial charge in [-0.15, -0.1) is 0 Å². The molecule has 0 bridgehead atoms. The molecule has 0 spiro atoms. The summed E-state index contributed by atoms with van der Waals surface area (Å²) >= 11 is 0. The molecule has 0 aliphatic heterocycles. The van der Waals surface area contributed by atoms with Gasteiger partial charge >= 0.3 is 6.18 Å². The van der Waals surface area contributed by atoms with Gasteiger partial charge in [0.2, 0.25) is 0 Å². The molecule has 1 aromatic carbocycles. The summed E-state index contributed by atoms with van der Waals surface area (Å²) in [6, 6.07) is 2.60. The fourth-order valence-corrected chi connectivity index (χ4v) is 1.32. The Morgan fingerprint density at radius 2 is 1.94 bits per heavy atom. The molecular formula is C12H15F4N. The summed E-state index contributed by atoms with van der Waals surface area (Å²) in [7, 11) is 0. The number of halogens is 4. The molecule has 1 atom stereocenters. The second-order valence-electron chi connectivity index (χ2n) is 3.99. The molecule has 0 aromatic heterocycles. The van der Waals surface area contributed by atoms with Crippen molar-refractivity contribution in [2.75, 3.05) is 0 Å². The molecule has 0 radical (unpaired) electrons. The van der Waals surface area contributed by atoms with E-state index in [2.05, 4.69) is 5.32 Å². The fraction of sp³-hybridized carbons (Fsp3) is 0.500. The van der Waals surface area contributed by atoms with Gasteiger partial charge < -0.3 is 5.32 Å². The monoisotopic (exact) mass is 249 g/mol. The molecule has 1 unspecified atom stereocenters. The predicted octanol–water partition coefficient (Wildman–Crippen LogP) is 3.73. The topological polar surface area (TPSA) is 12.0 Å². The molecule has 5 heteroatoms. The Bertz CT molecular complexity index is 373. The molecule has 0 saturated carbocycles. The van der Waals surface area contributed by atoms with E-state index in [1.54, 1.807) is 0 Å². The van der Waals surface area contributed by atoms with Gasteiger partial charge in [0.1, 0.15) is 5.82 Å². The summed E-state index contributed by atoms with van der Waals surface area (Å²) in [5.74, 6) is -0.617. The van der Waals surface area contributed by atoms with Crippen LogP contribution in [-0.2, 0) is 12.7 Å². The minimum atomic E-state index is -4.43. The number of benzene rings is 1. The average molecular weight is 249 g/mol. The number of nitrogens with one attached hydrogen (secondary N) is 1. The normalized spacial score (nSPS) is 13.8.